The zero-order chi connectivity index (χ0) is 17.5. The van der Waals surface area contributed by atoms with Crippen molar-refractivity contribution in [2.45, 2.75) is 0 Å². The van der Waals surface area contributed by atoms with Gasteiger partial charge in [0.05, 0.1) is 16.6 Å². The molecule has 2 heterocycles. The summed E-state index contributed by atoms with van der Waals surface area (Å²) in [4.78, 5) is 4.92. The van der Waals surface area contributed by atoms with Gasteiger partial charge in [0.1, 0.15) is 5.52 Å². The molecule has 26 heavy (non-hydrogen) atoms. The minimum atomic E-state index is 0.685. The number of pyridine rings is 1. The molecule has 3 aromatic carbocycles. The Kier molecular flexibility index (Phi) is 3.47. The lowest BCUT2D eigenvalue weighted by Crippen LogP contribution is -1.89. The van der Waals surface area contributed by atoms with Crippen molar-refractivity contribution < 1.29 is 4.52 Å². The number of aromatic nitrogens is 2. The predicted molar refractivity (Wildman–Crippen MR) is 105 cm³/mol. The van der Waals surface area contributed by atoms with Crippen LogP contribution in [0.4, 0.5) is 0 Å². The third-order valence-electron chi connectivity index (χ3n) is 4.47. The number of fused-ring (bicyclic) bond motifs is 3. The monoisotopic (exact) mass is 356 g/mol. The molecule has 5 aromatic rings. The number of rotatable bonds is 2. The summed E-state index contributed by atoms with van der Waals surface area (Å²) in [5.41, 5.74) is 4.53. The van der Waals surface area contributed by atoms with Crippen molar-refractivity contribution in [1.82, 2.24) is 10.1 Å². The summed E-state index contributed by atoms with van der Waals surface area (Å²) < 4.78 is 5.78. The average Bonchev–Trinajstić information content (AvgIpc) is 3.14. The summed E-state index contributed by atoms with van der Waals surface area (Å²) in [5.74, 6) is 0.703. The predicted octanol–water partition coefficient (Wildman–Crippen LogP) is 6.36. The highest BCUT2D eigenvalue weighted by Crippen LogP contribution is 2.38. The zero-order valence-electron chi connectivity index (χ0n) is 13.7. The molecule has 0 unspecified atom stereocenters. The first kappa shape index (κ1) is 15.1. The van der Waals surface area contributed by atoms with Gasteiger partial charge in [0.25, 0.3) is 0 Å². The largest absolute Gasteiger partial charge is 0.355 e. The van der Waals surface area contributed by atoms with Gasteiger partial charge in [-0.3, -0.25) is 0 Å². The fourth-order valence-electron chi connectivity index (χ4n) is 3.24. The van der Waals surface area contributed by atoms with Gasteiger partial charge in [0.15, 0.2) is 5.76 Å². The highest BCUT2D eigenvalue weighted by molar-refractivity contribution is 6.30. The molecular weight excluding hydrogens is 344 g/mol. The van der Waals surface area contributed by atoms with E-state index in [9.17, 15) is 0 Å². The third-order valence-corrected chi connectivity index (χ3v) is 4.73. The Bertz CT molecular complexity index is 1230. The second-order valence-corrected chi connectivity index (χ2v) is 6.52. The summed E-state index contributed by atoms with van der Waals surface area (Å²) >= 11 is 6.04. The van der Waals surface area contributed by atoms with Gasteiger partial charge in [-0.15, -0.1) is 0 Å². The zero-order valence-corrected chi connectivity index (χ0v) is 14.4. The van der Waals surface area contributed by atoms with E-state index >= 15 is 0 Å². The van der Waals surface area contributed by atoms with Crippen molar-refractivity contribution in [3.8, 4) is 22.6 Å². The number of halogens is 1. The van der Waals surface area contributed by atoms with Crippen LogP contribution in [0, 0.1) is 0 Å². The summed E-state index contributed by atoms with van der Waals surface area (Å²) in [7, 11) is 0. The number of para-hydroxylation sites is 1. The van der Waals surface area contributed by atoms with E-state index in [-0.39, 0.29) is 0 Å². The lowest BCUT2D eigenvalue weighted by Gasteiger charge is -2.07. The van der Waals surface area contributed by atoms with E-state index < -0.39 is 0 Å². The van der Waals surface area contributed by atoms with E-state index in [0.29, 0.717) is 10.8 Å². The van der Waals surface area contributed by atoms with Crippen molar-refractivity contribution in [2.24, 2.45) is 0 Å². The molecule has 3 nitrogen and oxygen atoms in total. The van der Waals surface area contributed by atoms with Crippen LogP contribution in [-0.4, -0.2) is 10.1 Å². The Morgan fingerprint density at radius 3 is 2.27 bits per heavy atom. The van der Waals surface area contributed by atoms with E-state index in [1.54, 1.807) is 0 Å². The Balaban J connectivity index is 1.91. The quantitative estimate of drug-likeness (QED) is 0.369. The highest BCUT2D eigenvalue weighted by Gasteiger charge is 2.19. The standard InChI is InChI=1S/C22H13ClN2O/c23-16-12-10-15(11-13-16)22-19-20(14-6-2-1-3-7-14)24-18-9-5-4-8-17(18)21(19)25-26-22/h1-13H. The van der Waals surface area contributed by atoms with Gasteiger partial charge in [-0.05, 0) is 30.3 Å². The normalized spacial score (nSPS) is 11.3. The molecule has 0 amide bonds. The van der Waals surface area contributed by atoms with Crippen LogP contribution >= 0.6 is 11.6 Å². The van der Waals surface area contributed by atoms with Crippen molar-refractivity contribution in [3.05, 3.63) is 83.9 Å². The second-order valence-electron chi connectivity index (χ2n) is 6.09. The van der Waals surface area contributed by atoms with Gasteiger partial charge >= 0.3 is 0 Å². The Hall–Kier alpha value is -3.17. The summed E-state index contributed by atoms with van der Waals surface area (Å²) in [5, 5.41) is 6.96. The second kappa shape index (κ2) is 5.97. The molecule has 0 aliphatic heterocycles. The molecule has 5 rings (SSSR count). The Labute approximate surface area is 154 Å². The molecule has 4 heteroatoms. The lowest BCUT2D eigenvalue weighted by atomic mass is 10.0. The molecule has 0 saturated carbocycles. The SMILES string of the molecule is Clc1ccc(-c2onc3c2c(-c2ccccc2)nc2ccccc23)cc1. The number of benzene rings is 3. The smallest absolute Gasteiger partial charge is 0.176 e. The van der Waals surface area contributed by atoms with Gasteiger partial charge < -0.3 is 4.52 Å². The molecule has 124 valence electrons. The van der Waals surface area contributed by atoms with E-state index in [0.717, 1.165) is 38.6 Å². The fourth-order valence-corrected chi connectivity index (χ4v) is 3.37. The Morgan fingerprint density at radius 1 is 0.731 bits per heavy atom. The minimum absolute atomic E-state index is 0.685. The number of hydrogen-bond acceptors (Lipinski definition) is 3. The topological polar surface area (TPSA) is 38.9 Å². The van der Waals surface area contributed by atoms with Gasteiger partial charge in [-0.1, -0.05) is 65.3 Å². The van der Waals surface area contributed by atoms with E-state index in [1.165, 1.54) is 0 Å². The van der Waals surface area contributed by atoms with Crippen LogP contribution in [0.25, 0.3) is 44.4 Å². The van der Waals surface area contributed by atoms with Gasteiger partial charge in [0, 0.05) is 21.5 Å². The van der Waals surface area contributed by atoms with Crippen molar-refractivity contribution in [1.29, 1.82) is 0 Å². The van der Waals surface area contributed by atoms with E-state index in [2.05, 4.69) is 17.3 Å². The first-order valence-electron chi connectivity index (χ1n) is 8.31. The molecule has 2 aromatic heterocycles. The van der Waals surface area contributed by atoms with Crippen LogP contribution in [0.2, 0.25) is 5.02 Å². The first-order valence-corrected chi connectivity index (χ1v) is 8.68. The Morgan fingerprint density at radius 2 is 1.46 bits per heavy atom. The van der Waals surface area contributed by atoms with Crippen LogP contribution in [0.1, 0.15) is 0 Å². The number of nitrogens with zero attached hydrogens (tertiary/aromatic N) is 2. The van der Waals surface area contributed by atoms with E-state index in [1.807, 2.05) is 66.7 Å². The van der Waals surface area contributed by atoms with E-state index in [4.69, 9.17) is 21.1 Å². The van der Waals surface area contributed by atoms with Crippen LogP contribution in [0.3, 0.4) is 0 Å². The molecule has 0 atom stereocenters. The molecule has 0 spiro atoms. The highest BCUT2D eigenvalue weighted by atomic mass is 35.5. The maximum Gasteiger partial charge on any atom is 0.176 e. The lowest BCUT2D eigenvalue weighted by molar-refractivity contribution is 0.441. The molecule has 0 N–H and O–H groups in total. The van der Waals surface area contributed by atoms with Crippen LogP contribution in [0.15, 0.2) is 83.4 Å². The average molecular weight is 357 g/mol. The molecule has 0 fully saturated rings. The van der Waals surface area contributed by atoms with Crippen LogP contribution < -0.4 is 0 Å². The van der Waals surface area contributed by atoms with Gasteiger partial charge in [-0.2, -0.15) is 0 Å². The minimum Gasteiger partial charge on any atom is -0.355 e. The van der Waals surface area contributed by atoms with Crippen LogP contribution in [0.5, 0.6) is 0 Å². The van der Waals surface area contributed by atoms with Crippen molar-refractivity contribution in [2.75, 3.05) is 0 Å². The maximum absolute atomic E-state index is 6.04. The molecular formula is C22H13ClN2O. The summed E-state index contributed by atoms with van der Waals surface area (Å²) in [6.45, 7) is 0. The molecule has 0 radical (unpaired) electrons. The van der Waals surface area contributed by atoms with Crippen LogP contribution in [-0.2, 0) is 0 Å². The van der Waals surface area contributed by atoms with Gasteiger partial charge in [0.2, 0.25) is 0 Å². The summed E-state index contributed by atoms with van der Waals surface area (Å²) in [6, 6.07) is 25.7. The molecule has 0 aliphatic carbocycles. The molecule has 0 aliphatic rings. The number of hydrogen-bond donors (Lipinski definition) is 0. The first-order chi connectivity index (χ1) is 12.8. The molecule has 0 saturated heterocycles. The maximum atomic E-state index is 6.04. The molecule has 0 bridgehead atoms. The third kappa shape index (κ3) is 2.37. The van der Waals surface area contributed by atoms with Crippen molar-refractivity contribution >= 4 is 33.4 Å². The fraction of sp³-hybridized carbons (Fsp3) is 0. The van der Waals surface area contributed by atoms with Crippen molar-refractivity contribution in [3.63, 3.8) is 0 Å². The summed E-state index contributed by atoms with van der Waals surface area (Å²) in [6.07, 6.45) is 0. The van der Waals surface area contributed by atoms with Gasteiger partial charge in [-0.25, -0.2) is 4.98 Å².